The highest BCUT2D eigenvalue weighted by atomic mass is 19.1. The van der Waals surface area contributed by atoms with Gasteiger partial charge < -0.3 is 20.4 Å². The molecule has 3 aromatic carbocycles. The van der Waals surface area contributed by atoms with E-state index in [1.807, 2.05) is 36.4 Å². The first-order valence-electron chi connectivity index (χ1n) is 11.8. The van der Waals surface area contributed by atoms with E-state index < -0.39 is 5.54 Å². The number of halogens is 1. The second-order valence-corrected chi connectivity index (χ2v) is 9.28. The normalized spacial score (nSPS) is 17.6. The number of benzene rings is 3. The van der Waals surface area contributed by atoms with Gasteiger partial charge in [0.15, 0.2) is 0 Å². The molecular weight excluding hydrogens is 445 g/mol. The highest BCUT2D eigenvalue weighted by Crippen LogP contribution is 2.35. The molecule has 0 aliphatic carbocycles. The summed E-state index contributed by atoms with van der Waals surface area (Å²) in [4.78, 5) is 28.1. The summed E-state index contributed by atoms with van der Waals surface area (Å²) < 4.78 is 19.0. The van der Waals surface area contributed by atoms with E-state index in [9.17, 15) is 14.0 Å². The van der Waals surface area contributed by atoms with Crippen LogP contribution in [0.25, 0.3) is 21.7 Å². The third-order valence-electron chi connectivity index (χ3n) is 6.90. The Balaban J connectivity index is 1.27. The van der Waals surface area contributed by atoms with Gasteiger partial charge in [0.2, 0.25) is 11.8 Å². The molecule has 1 atom stereocenters. The molecule has 6 nitrogen and oxygen atoms in total. The summed E-state index contributed by atoms with van der Waals surface area (Å²) in [6.45, 7) is 0.331. The fraction of sp³-hybridized carbons (Fsp3) is 0.286. The number of hydrogen-bond donors (Lipinski definition) is 3. The zero-order chi connectivity index (χ0) is 24.4. The van der Waals surface area contributed by atoms with Gasteiger partial charge in [-0.15, -0.1) is 0 Å². The third-order valence-corrected chi connectivity index (χ3v) is 6.90. The fourth-order valence-corrected chi connectivity index (χ4v) is 5.11. The Bertz CT molecular complexity index is 1410. The molecule has 3 N–H and O–H groups in total. The highest BCUT2D eigenvalue weighted by molar-refractivity contribution is 5.91. The number of carbonyl (C=O) groups excluding carboxylic acids is 2. The van der Waals surface area contributed by atoms with Gasteiger partial charge >= 0.3 is 0 Å². The zero-order valence-corrected chi connectivity index (χ0v) is 19.6. The number of rotatable bonds is 8. The van der Waals surface area contributed by atoms with E-state index in [2.05, 4.69) is 21.7 Å². The SMILES string of the molecule is COc1ccc(C[C@@]2(CCC(=O)NCc3cc4cc(F)ccc4[nH]3)CCC(=O)N2)c2ccccc12. The molecule has 2 amide bonds. The van der Waals surface area contributed by atoms with E-state index in [1.54, 1.807) is 13.2 Å². The van der Waals surface area contributed by atoms with Crippen molar-refractivity contribution >= 4 is 33.5 Å². The van der Waals surface area contributed by atoms with Gasteiger partial charge in [0.05, 0.1) is 13.7 Å². The van der Waals surface area contributed by atoms with Crippen molar-refractivity contribution in [3.63, 3.8) is 0 Å². The van der Waals surface area contributed by atoms with Gasteiger partial charge in [-0.25, -0.2) is 4.39 Å². The molecular formula is C28H28FN3O3. The molecule has 4 aromatic rings. The van der Waals surface area contributed by atoms with Gasteiger partial charge in [-0.1, -0.05) is 30.3 Å². The molecule has 0 bridgehead atoms. The lowest BCUT2D eigenvalue weighted by Gasteiger charge is -2.30. The van der Waals surface area contributed by atoms with Gasteiger partial charge in [-0.05, 0) is 60.5 Å². The number of aromatic nitrogens is 1. The molecule has 7 heteroatoms. The summed E-state index contributed by atoms with van der Waals surface area (Å²) >= 11 is 0. The molecule has 0 radical (unpaired) electrons. The standard InChI is InChI=1S/C28H28FN3O3/c1-35-25-9-6-18(22-4-2-3-5-23(22)25)16-28(13-11-27(34)32-28)12-10-26(33)30-17-21-15-19-14-20(29)7-8-24(19)31-21/h2-9,14-15,31H,10-13,16-17H2,1H3,(H,30,33)(H,32,34)/t28-/m1/s1. The summed E-state index contributed by atoms with van der Waals surface area (Å²) in [6.07, 6.45) is 2.63. The number of nitrogens with one attached hydrogen (secondary N) is 3. The van der Waals surface area contributed by atoms with Gasteiger partial charge in [0, 0.05) is 40.4 Å². The molecule has 0 spiro atoms. The lowest BCUT2D eigenvalue weighted by atomic mass is 9.83. The van der Waals surface area contributed by atoms with Crippen molar-refractivity contribution in [1.82, 2.24) is 15.6 Å². The molecule has 1 aliphatic rings. The third kappa shape index (κ3) is 4.85. The average molecular weight is 474 g/mol. The number of aromatic amines is 1. The minimum absolute atomic E-state index is 0.0218. The highest BCUT2D eigenvalue weighted by Gasteiger charge is 2.38. The first kappa shape index (κ1) is 22.9. The van der Waals surface area contributed by atoms with Crippen molar-refractivity contribution in [1.29, 1.82) is 0 Å². The molecule has 0 saturated carbocycles. The van der Waals surface area contributed by atoms with Gasteiger partial charge in [-0.2, -0.15) is 0 Å². The van der Waals surface area contributed by atoms with Crippen molar-refractivity contribution in [3.8, 4) is 5.75 Å². The van der Waals surface area contributed by atoms with E-state index in [0.717, 1.165) is 38.7 Å². The van der Waals surface area contributed by atoms with Gasteiger partial charge in [0.25, 0.3) is 0 Å². The summed E-state index contributed by atoms with van der Waals surface area (Å²) in [5.41, 5.74) is 2.29. The second kappa shape index (κ2) is 9.41. The maximum atomic E-state index is 13.4. The van der Waals surface area contributed by atoms with Crippen molar-refractivity contribution in [2.45, 2.75) is 44.2 Å². The number of methoxy groups -OCH3 is 1. The Morgan fingerprint density at radius 1 is 1.11 bits per heavy atom. The number of amides is 2. The molecule has 1 fully saturated rings. The summed E-state index contributed by atoms with van der Waals surface area (Å²) in [7, 11) is 1.66. The maximum absolute atomic E-state index is 13.4. The van der Waals surface area contributed by atoms with Gasteiger partial charge in [0.1, 0.15) is 11.6 Å². The quantitative estimate of drug-likeness (QED) is 0.345. The fourth-order valence-electron chi connectivity index (χ4n) is 5.11. The van der Waals surface area contributed by atoms with Crippen LogP contribution in [0.4, 0.5) is 4.39 Å². The van der Waals surface area contributed by atoms with Crippen LogP contribution in [0.2, 0.25) is 0 Å². The Hall–Kier alpha value is -3.87. The Morgan fingerprint density at radius 2 is 1.94 bits per heavy atom. The van der Waals surface area contributed by atoms with Crippen molar-refractivity contribution in [2.24, 2.45) is 0 Å². The van der Waals surface area contributed by atoms with E-state index in [4.69, 9.17) is 4.74 Å². The van der Waals surface area contributed by atoms with E-state index >= 15 is 0 Å². The van der Waals surface area contributed by atoms with Crippen LogP contribution in [0, 0.1) is 5.82 Å². The smallest absolute Gasteiger partial charge is 0.220 e. The zero-order valence-electron chi connectivity index (χ0n) is 19.6. The predicted molar refractivity (Wildman–Crippen MR) is 134 cm³/mol. The Morgan fingerprint density at radius 3 is 2.71 bits per heavy atom. The Labute approximate surface area is 202 Å². The van der Waals surface area contributed by atoms with Crippen molar-refractivity contribution in [2.75, 3.05) is 7.11 Å². The number of carbonyl (C=O) groups is 2. The number of ether oxygens (including phenoxy) is 1. The molecule has 0 unspecified atom stereocenters. The van der Waals surface area contributed by atoms with Crippen LogP contribution in [0.5, 0.6) is 5.75 Å². The topological polar surface area (TPSA) is 83.2 Å². The molecule has 1 aromatic heterocycles. The van der Waals surface area contributed by atoms with Gasteiger partial charge in [-0.3, -0.25) is 9.59 Å². The minimum Gasteiger partial charge on any atom is -0.496 e. The van der Waals surface area contributed by atoms with Crippen LogP contribution in [0.15, 0.2) is 60.7 Å². The number of H-pyrrole nitrogens is 1. The lowest BCUT2D eigenvalue weighted by Crippen LogP contribution is -2.44. The molecule has 180 valence electrons. The van der Waals surface area contributed by atoms with Crippen LogP contribution in [-0.2, 0) is 22.6 Å². The number of fused-ring (bicyclic) bond motifs is 2. The van der Waals surface area contributed by atoms with Crippen LogP contribution >= 0.6 is 0 Å². The number of hydrogen-bond acceptors (Lipinski definition) is 3. The molecule has 5 rings (SSSR count). The molecule has 1 aliphatic heterocycles. The maximum Gasteiger partial charge on any atom is 0.220 e. The minimum atomic E-state index is -0.468. The van der Waals surface area contributed by atoms with Crippen molar-refractivity contribution < 1.29 is 18.7 Å². The predicted octanol–water partition coefficient (Wildman–Crippen LogP) is 4.76. The van der Waals surface area contributed by atoms with Crippen LogP contribution in [-0.4, -0.2) is 29.4 Å². The van der Waals surface area contributed by atoms with E-state index in [0.29, 0.717) is 38.6 Å². The first-order valence-corrected chi connectivity index (χ1v) is 11.8. The summed E-state index contributed by atoms with van der Waals surface area (Å²) in [5, 5.41) is 9.00. The lowest BCUT2D eigenvalue weighted by molar-refractivity contribution is -0.122. The Kier molecular flexibility index (Phi) is 6.16. The van der Waals surface area contributed by atoms with E-state index in [1.165, 1.54) is 12.1 Å². The largest absolute Gasteiger partial charge is 0.496 e. The summed E-state index contributed by atoms with van der Waals surface area (Å²) in [6, 6.07) is 18.5. The average Bonchev–Trinajstić information content (AvgIpc) is 3.44. The monoisotopic (exact) mass is 473 g/mol. The van der Waals surface area contributed by atoms with Crippen LogP contribution in [0.3, 0.4) is 0 Å². The van der Waals surface area contributed by atoms with Crippen molar-refractivity contribution in [3.05, 3.63) is 77.7 Å². The van der Waals surface area contributed by atoms with E-state index in [-0.39, 0.29) is 17.6 Å². The molecule has 1 saturated heterocycles. The first-order chi connectivity index (χ1) is 16.9. The van der Waals surface area contributed by atoms with Crippen LogP contribution < -0.4 is 15.4 Å². The van der Waals surface area contributed by atoms with Crippen LogP contribution in [0.1, 0.15) is 36.9 Å². The summed E-state index contributed by atoms with van der Waals surface area (Å²) in [5.74, 6) is 0.456. The molecule has 35 heavy (non-hydrogen) atoms. The second-order valence-electron chi connectivity index (χ2n) is 9.28. The molecule has 2 heterocycles.